The van der Waals surface area contributed by atoms with E-state index in [0.29, 0.717) is 19.3 Å². The van der Waals surface area contributed by atoms with Gasteiger partial charge in [-0.2, -0.15) is 0 Å². The maximum Gasteiger partial charge on any atom is 0.306 e. The van der Waals surface area contributed by atoms with E-state index in [1.807, 2.05) is 24.3 Å². The van der Waals surface area contributed by atoms with E-state index in [-0.39, 0.29) is 31.1 Å². The Balaban J connectivity index is 4.48. The van der Waals surface area contributed by atoms with Crippen LogP contribution in [0.5, 0.6) is 0 Å². The minimum absolute atomic E-state index is 0.0984. The van der Waals surface area contributed by atoms with Crippen molar-refractivity contribution < 1.29 is 28.6 Å². The second-order valence-electron chi connectivity index (χ2n) is 16.8. The van der Waals surface area contributed by atoms with E-state index < -0.39 is 6.10 Å². The van der Waals surface area contributed by atoms with E-state index in [9.17, 15) is 14.4 Å². The van der Waals surface area contributed by atoms with Crippen molar-refractivity contribution >= 4 is 17.9 Å². The van der Waals surface area contributed by atoms with Gasteiger partial charge in [0, 0.05) is 19.3 Å². The molecule has 0 rings (SSSR count). The molecule has 6 heteroatoms. The predicted octanol–water partition coefficient (Wildman–Crippen LogP) is 17.1. The highest BCUT2D eigenvalue weighted by Gasteiger charge is 2.19. The fourth-order valence-electron chi connectivity index (χ4n) is 6.72. The van der Waals surface area contributed by atoms with Crippen molar-refractivity contribution in [2.75, 3.05) is 13.2 Å². The van der Waals surface area contributed by atoms with Crippen molar-refractivity contribution in [3.63, 3.8) is 0 Å². The van der Waals surface area contributed by atoms with Gasteiger partial charge in [-0.3, -0.25) is 14.4 Å². The van der Waals surface area contributed by atoms with Gasteiger partial charge in [0.15, 0.2) is 6.10 Å². The summed E-state index contributed by atoms with van der Waals surface area (Å²) in [5.41, 5.74) is 0. The van der Waals surface area contributed by atoms with E-state index in [1.54, 1.807) is 0 Å². The Kier molecular flexibility index (Phi) is 48.5. The first-order chi connectivity index (χ1) is 31.5. The molecule has 0 aromatic carbocycles. The van der Waals surface area contributed by atoms with Gasteiger partial charge in [-0.25, -0.2) is 0 Å². The monoisotopic (exact) mass is 887 g/mol. The summed E-state index contributed by atoms with van der Waals surface area (Å²) in [6.07, 6.45) is 69.2. The highest BCUT2D eigenvalue weighted by atomic mass is 16.6. The van der Waals surface area contributed by atoms with E-state index in [2.05, 4.69) is 106 Å². The lowest BCUT2D eigenvalue weighted by molar-refractivity contribution is -0.167. The van der Waals surface area contributed by atoms with E-state index in [0.717, 1.165) is 128 Å². The summed E-state index contributed by atoms with van der Waals surface area (Å²) >= 11 is 0. The first-order valence-corrected chi connectivity index (χ1v) is 26.0. The van der Waals surface area contributed by atoms with Crippen LogP contribution in [0.4, 0.5) is 0 Å². The number of allylic oxidation sites excluding steroid dienone is 18. The Morgan fingerprint density at radius 2 is 0.703 bits per heavy atom. The highest BCUT2D eigenvalue weighted by Crippen LogP contribution is 2.13. The van der Waals surface area contributed by atoms with Gasteiger partial charge in [-0.15, -0.1) is 0 Å². The topological polar surface area (TPSA) is 78.9 Å². The number of carbonyl (C=O) groups is 3. The van der Waals surface area contributed by atoms with Crippen molar-refractivity contribution in [3.8, 4) is 0 Å². The summed E-state index contributed by atoms with van der Waals surface area (Å²) in [7, 11) is 0. The Morgan fingerprint density at radius 1 is 0.344 bits per heavy atom. The normalized spacial score (nSPS) is 13.0. The summed E-state index contributed by atoms with van der Waals surface area (Å²) < 4.78 is 16.8. The zero-order valence-corrected chi connectivity index (χ0v) is 41.3. The van der Waals surface area contributed by atoms with Crippen molar-refractivity contribution in [2.45, 2.75) is 226 Å². The fourth-order valence-corrected chi connectivity index (χ4v) is 6.72. The average molecular weight is 887 g/mol. The molecule has 0 saturated carbocycles. The van der Waals surface area contributed by atoms with Crippen LogP contribution in [-0.4, -0.2) is 37.2 Å². The summed E-state index contributed by atoms with van der Waals surface area (Å²) in [5.74, 6) is -0.951. The molecule has 1 unspecified atom stereocenters. The molecule has 1 atom stereocenters. The second kappa shape index (κ2) is 51.7. The largest absolute Gasteiger partial charge is 0.462 e. The van der Waals surface area contributed by atoms with Crippen molar-refractivity contribution in [2.24, 2.45) is 0 Å². The van der Waals surface area contributed by atoms with Gasteiger partial charge in [0.1, 0.15) is 13.2 Å². The number of unbranched alkanes of at least 4 members (excludes halogenated alkanes) is 20. The number of esters is 3. The molecule has 362 valence electrons. The molecule has 0 aliphatic heterocycles. The van der Waals surface area contributed by atoms with Crippen LogP contribution in [0, 0.1) is 0 Å². The minimum Gasteiger partial charge on any atom is -0.462 e. The first-order valence-electron chi connectivity index (χ1n) is 26.0. The van der Waals surface area contributed by atoms with Crippen LogP contribution < -0.4 is 0 Å². The van der Waals surface area contributed by atoms with E-state index in [4.69, 9.17) is 14.2 Å². The Labute approximate surface area is 393 Å². The average Bonchev–Trinajstić information content (AvgIpc) is 3.29. The van der Waals surface area contributed by atoms with E-state index in [1.165, 1.54) is 51.4 Å². The third kappa shape index (κ3) is 49.1. The molecule has 0 heterocycles. The summed E-state index contributed by atoms with van der Waals surface area (Å²) in [4.78, 5) is 38.0. The molecular weight excluding hydrogens is 793 g/mol. The molecule has 0 aromatic rings. The third-order valence-electron chi connectivity index (χ3n) is 10.6. The van der Waals surface area contributed by atoms with Gasteiger partial charge in [0.25, 0.3) is 0 Å². The van der Waals surface area contributed by atoms with Crippen LogP contribution in [0.2, 0.25) is 0 Å². The molecule has 0 fully saturated rings. The van der Waals surface area contributed by atoms with Crippen LogP contribution in [0.25, 0.3) is 0 Å². The summed E-state index contributed by atoms with van der Waals surface area (Å²) in [5, 5.41) is 0. The Bertz CT molecular complexity index is 1340. The van der Waals surface area contributed by atoms with Crippen molar-refractivity contribution in [3.05, 3.63) is 109 Å². The molecule has 0 radical (unpaired) electrons. The zero-order chi connectivity index (χ0) is 46.5. The SMILES string of the molecule is CC/C=C\C/C=C\C/C=C\CCCCCCCCC(=O)OC(COC(=O)CCCCCCC\C=C/C=C\C=C/C=C\C=C/CCC)COC(=O)CCCCCCC/C=C\CCCCC. The third-order valence-corrected chi connectivity index (χ3v) is 10.6. The van der Waals surface area contributed by atoms with Crippen LogP contribution in [0.1, 0.15) is 220 Å². The molecule has 0 spiro atoms. The first kappa shape index (κ1) is 60.1. The molecule has 0 bridgehead atoms. The van der Waals surface area contributed by atoms with Gasteiger partial charge in [-0.1, -0.05) is 214 Å². The number of ether oxygens (including phenoxy) is 3. The lowest BCUT2D eigenvalue weighted by atomic mass is 10.1. The maximum atomic E-state index is 12.8. The van der Waals surface area contributed by atoms with Gasteiger partial charge in [-0.05, 0) is 96.3 Å². The molecule has 0 aliphatic carbocycles. The molecule has 0 aromatic heterocycles. The quantitative estimate of drug-likeness (QED) is 0.0199. The van der Waals surface area contributed by atoms with Gasteiger partial charge in [0.2, 0.25) is 0 Å². The van der Waals surface area contributed by atoms with Crippen LogP contribution in [0.15, 0.2) is 109 Å². The maximum absolute atomic E-state index is 12.8. The number of hydrogen-bond acceptors (Lipinski definition) is 6. The van der Waals surface area contributed by atoms with E-state index >= 15 is 0 Å². The van der Waals surface area contributed by atoms with Crippen molar-refractivity contribution in [1.82, 2.24) is 0 Å². The van der Waals surface area contributed by atoms with Gasteiger partial charge < -0.3 is 14.2 Å². The van der Waals surface area contributed by atoms with Gasteiger partial charge in [0.05, 0.1) is 0 Å². The van der Waals surface area contributed by atoms with Gasteiger partial charge >= 0.3 is 17.9 Å². The van der Waals surface area contributed by atoms with Crippen molar-refractivity contribution in [1.29, 1.82) is 0 Å². The number of carbonyl (C=O) groups excluding carboxylic acids is 3. The molecule has 0 aliphatic rings. The smallest absolute Gasteiger partial charge is 0.306 e. The molecular formula is C58H94O6. The molecule has 0 N–H and O–H groups in total. The lowest BCUT2D eigenvalue weighted by Gasteiger charge is -2.18. The molecule has 0 saturated heterocycles. The van der Waals surface area contributed by atoms with Crippen LogP contribution in [-0.2, 0) is 28.6 Å². The number of hydrogen-bond donors (Lipinski definition) is 0. The predicted molar refractivity (Wildman–Crippen MR) is 274 cm³/mol. The Morgan fingerprint density at radius 3 is 1.17 bits per heavy atom. The Hall–Kier alpha value is -3.93. The lowest BCUT2D eigenvalue weighted by Crippen LogP contribution is -2.30. The number of rotatable bonds is 45. The summed E-state index contributed by atoms with van der Waals surface area (Å²) in [6, 6.07) is 0. The highest BCUT2D eigenvalue weighted by molar-refractivity contribution is 5.71. The summed E-state index contributed by atoms with van der Waals surface area (Å²) in [6.45, 7) is 6.36. The zero-order valence-electron chi connectivity index (χ0n) is 41.3. The molecule has 0 amide bonds. The second-order valence-corrected chi connectivity index (χ2v) is 16.8. The molecule has 64 heavy (non-hydrogen) atoms. The fraction of sp³-hybridized carbons (Fsp3) is 0.638. The van der Waals surface area contributed by atoms with Crippen LogP contribution >= 0.6 is 0 Å². The molecule has 6 nitrogen and oxygen atoms in total. The standard InChI is InChI=1S/C58H94O6/c1-4-7-10-13-16-19-22-25-27-29-30-32-33-36-39-42-45-48-51-57(60)63-54-55(53-62-56(59)50-47-44-41-38-35-24-21-18-15-12-9-6-3)64-58(61)52-49-46-43-40-37-34-31-28-26-23-20-17-14-11-8-5-2/h8,10-11,13,16-22,25-30,32,55H,4-7,9,12,14-15,23-24,31,33-54H2,1-3H3/b11-8-,13-10-,19-16-,20-17-,21-18-,25-22-,28-26-,29-27-,32-30-. The van der Waals surface area contributed by atoms with Crippen LogP contribution in [0.3, 0.4) is 0 Å². The minimum atomic E-state index is -0.801.